The molecule has 0 spiro atoms. The van der Waals surface area contributed by atoms with E-state index >= 15 is 0 Å². The minimum absolute atomic E-state index is 0. The molecule has 0 saturated carbocycles. The van der Waals surface area contributed by atoms with E-state index in [4.69, 9.17) is 10.5 Å². The van der Waals surface area contributed by atoms with E-state index in [1.807, 2.05) is 0 Å². The molecule has 0 unspecified atom stereocenters. The van der Waals surface area contributed by atoms with Crippen LogP contribution in [-0.4, -0.2) is 13.2 Å². The lowest BCUT2D eigenvalue weighted by Gasteiger charge is -2.05. The monoisotopic (exact) mass is 237 g/mol. The lowest BCUT2D eigenvalue weighted by Crippen LogP contribution is -2.03. The van der Waals surface area contributed by atoms with Gasteiger partial charge in [0.15, 0.2) is 0 Å². The zero-order valence-corrected chi connectivity index (χ0v) is 9.03. The summed E-state index contributed by atoms with van der Waals surface area (Å²) in [7, 11) is 0. The Morgan fingerprint density at radius 1 is 1.07 bits per heavy atom. The molecule has 0 radical (unpaired) electrons. The highest BCUT2D eigenvalue weighted by molar-refractivity contribution is 5.85. The summed E-state index contributed by atoms with van der Waals surface area (Å²) >= 11 is 0. The Morgan fingerprint density at radius 2 is 1.67 bits per heavy atom. The second-order valence-electron chi connectivity index (χ2n) is 2.95. The third-order valence-corrected chi connectivity index (χ3v) is 1.70. The van der Waals surface area contributed by atoms with Crippen molar-refractivity contribution in [1.29, 1.82) is 0 Å². The first kappa shape index (κ1) is 14.1. The summed E-state index contributed by atoms with van der Waals surface area (Å²) in [5, 5.41) is 0. The van der Waals surface area contributed by atoms with Crippen molar-refractivity contribution in [2.75, 3.05) is 13.2 Å². The fourth-order valence-corrected chi connectivity index (χ4v) is 1.05. The molecule has 1 aromatic carbocycles. The zero-order chi connectivity index (χ0) is 10.4. The molecule has 86 valence electrons. The van der Waals surface area contributed by atoms with Gasteiger partial charge >= 0.3 is 0 Å². The van der Waals surface area contributed by atoms with E-state index in [2.05, 4.69) is 0 Å². The van der Waals surface area contributed by atoms with Crippen LogP contribution in [0, 0.1) is 11.6 Å². The molecule has 5 heteroatoms. The molecule has 2 nitrogen and oxygen atoms in total. The van der Waals surface area contributed by atoms with Crippen molar-refractivity contribution in [3.63, 3.8) is 0 Å². The van der Waals surface area contributed by atoms with Gasteiger partial charge in [0.05, 0.1) is 6.61 Å². The van der Waals surface area contributed by atoms with Gasteiger partial charge in [-0.25, -0.2) is 8.78 Å². The number of nitrogens with two attached hydrogens (primary N) is 1. The molecule has 0 aromatic heterocycles. The van der Waals surface area contributed by atoms with E-state index in [0.29, 0.717) is 13.2 Å². The maximum Gasteiger partial charge on any atom is 0.129 e. The van der Waals surface area contributed by atoms with Crippen LogP contribution in [0.25, 0.3) is 0 Å². The van der Waals surface area contributed by atoms with Crippen molar-refractivity contribution >= 4 is 12.4 Å². The summed E-state index contributed by atoms with van der Waals surface area (Å²) < 4.78 is 30.5. The Bertz CT molecular complexity index is 277. The fourth-order valence-electron chi connectivity index (χ4n) is 1.05. The first-order valence-electron chi connectivity index (χ1n) is 4.51. The van der Waals surface area contributed by atoms with Crippen molar-refractivity contribution in [2.24, 2.45) is 5.73 Å². The van der Waals surface area contributed by atoms with Gasteiger partial charge in [-0.1, -0.05) is 0 Å². The number of benzene rings is 1. The molecule has 0 aliphatic rings. The summed E-state index contributed by atoms with van der Waals surface area (Å²) in [6.45, 7) is 1.03. The van der Waals surface area contributed by atoms with Gasteiger partial charge in [-0.3, -0.25) is 0 Å². The first-order valence-corrected chi connectivity index (χ1v) is 4.51. The maximum absolute atomic E-state index is 12.7. The summed E-state index contributed by atoms with van der Waals surface area (Å²) in [6.07, 6.45) is 1.63. The highest BCUT2D eigenvalue weighted by Crippen LogP contribution is 2.15. The van der Waals surface area contributed by atoms with Crippen LogP contribution in [0.3, 0.4) is 0 Å². The van der Waals surface area contributed by atoms with Crippen molar-refractivity contribution in [3.8, 4) is 5.75 Å². The Balaban J connectivity index is 0.00000196. The van der Waals surface area contributed by atoms with Crippen LogP contribution in [0.2, 0.25) is 0 Å². The van der Waals surface area contributed by atoms with Crippen molar-refractivity contribution < 1.29 is 13.5 Å². The highest BCUT2D eigenvalue weighted by atomic mass is 35.5. The molecule has 2 N–H and O–H groups in total. The van der Waals surface area contributed by atoms with Crippen molar-refractivity contribution in [2.45, 2.75) is 12.8 Å². The normalized spacial score (nSPS) is 9.53. The second-order valence-corrected chi connectivity index (χ2v) is 2.95. The van der Waals surface area contributed by atoms with Crippen LogP contribution in [0.1, 0.15) is 12.8 Å². The predicted octanol–water partition coefficient (Wildman–Crippen LogP) is 2.50. The molecular formula is C10H14ClF2NO. The lowest BCUT2D eigenvalue weighted by molar-refractivity contribution is 0.304. The largest absolute Gasteiger partial charge is 0.493 e. The molecular weight excluding hydrogens is 224 g/mol. The van der Waals surface area contributed by atoms with Crippen LogP contribution in [0.5, 0.6) is 5.75 Å². The van der Waals surface area contributed by atoms with E-state index in [1.165, 1.54) is 0 Å². The van der Waals surface area contributed by atoms with Crippen LogP contribution in [-0.2, 0) is 0 Å². The van der Waals surface area contributed by atoms with E-state index in [0.717, 1.165) is 31.0 Å². The number of hydrogen-bond donors (Lipinski definition) is 1. The number of ether oxygens (including phenoxy) is 1. The topological polar surface area (TPSA) is 35.2 Å². The van der Waals surface area contributed by atoms with Crippen LogP contribution < -0.4 is 10.5 Å². The summed E-state index contributed by atoms with van der Waals surface area (Å²) in [5.41, 5.74) is 5.28. The van der Waals surface area contributed by atoms with Gasteiger partial charge in [-0.05, 0) is 19.4 Å². The quantitative estimate of drug-likeness (QED) is 0.799. The van der Waals surface area contributed by atoms with Gasteiger partial charge in [0.1, 0.15) is 17.4 Å². The van der Waals surface area contributed by atoms with Gasteiger partial charge in [0, 0.05) is 18.2 Å². The van der Waals surface area contributed by atoms with Gasteiger partial charge in [0.2, 0.25) is 0 Å². The lowest BCUT2D eigenvalue weighted by atomic mass is 10.3. The molecule has 0 aliphatic heterocycles. The minimum atomic E-state index is -0.626. The van der Waals surface area contributed by atoms with Gasteiger partial charge < -0.3 is 10.5 Å². The SMILES string of the molecule is Cl.NCCCCOc1cc(F)cc(F)c1. The average Bonchev–Trinajstić information content (AvgIpc) is 2.11. The predicted molar refractivity (Wildman–Crippen MR) is 57.4 cm³/mol. The number of unbranched alkanes of at least 4 members (excludes halogenated alkanes) is 1. The molecule has 0 atom stereocenters. The van der Waals surface area contributed by atoms with E-state index in [9.17, 15) is 8.78 Å². The summed E-state index contributed by atoms with van der Waals surface area (Å²) in [6, 6.07) is 3.13. The Kier molecular flexibility index (Phi) is 6.99. The molecule has 0 saturated heterocycles. The second kappa shape index (κ2) is 7.43. The molecule has 0 amide bonds. The standard InChI is InChI=1S/C10H13F2NO.ClH/c11-8-5-9(12)7-10(6-8)14-4-2-1-3-13;/h5-7H,1-4,13H2;1H. The number of halogens is 3. The summed E-state index contributed by atoms with van der Waals surface area (Å²) in [5.74, 6) is -1.03. The Morgan fingerprint density at radius 3 is 2.20 bits per heavy atom. The molecule has 0 heterocycles. The molecule has 0 aliphatic carbocycles. The van der Waals surface area contributed by atoms with Crippen LogP contribution >= 0.6 is 12.4 Å². The zero-order valence-electron chi connectivity index (χ0n) is 8.21. The van der Waals surface area contributed by atoms with Crippen LogP contribution in [0.15, 0.2) is 18.2 Å². The Hall–Kier alpha value is -0.870. The minimum Gasteiger partial charge on any atom is -0.493 e. The van der Waals surface area contributed by atoms with Crippen molar-refractivity contribution in [3.05, 3.63) is 29.8 Å². The number of hydrogen-bond acceptors (Lipinski definition) is 2. The molecule has 0 fully saturated rings. The first-order chi connectivity index (χ1) is 6.72. The van der Waals surface area contributed by atoms with E-state index < -0.39 is 11.6 Å². The molecule has 0 bridgehead atoms. The van der Waals surface area contributed by atoms with Gasteiger partial charge in [-0.15, -0.1) is 12.4 Å². The third-order valence-electron chi connectivity index (χ3n) is 1.70. The van der Waals surface area contributed by atoms with E-state index in [1.54, 1.807) is 0 Å². The maximum atomic E-state index is 12.7. The molecule has 1 rings (SSSR count). The van der Waals surface area contributed by atoms with E-state index in [-0.39, 0.29) is 18.2 Å². The van der Waals surface area contributed by atoms with Crippen molar-refractivity contribution in [1.82, 2.24) is 0 Å². The van der Waals surface area contributed by atoms with Gasteiger partial charge in [-0.2, -0.15) is 0 Å². The third kappa shape index (κ3) is 5.54. The van der Waals surface area contributed by atoms with Crippen LogP contribution in [0.4, 0.5) is 8.78 Å². The molecule has 1 aromatic rings. The number of rotatable bonds is 5. The summed E-state index contributed by atoms with van der Waals surface area (Å²) in [4.78, 5) is 0. The van der Waals surface area contributed by atoms with Gasteiger partial charge in [0.25, 0.3) is 0 Å². The smallest absolute Gasteiger partial charge is 0.129 e. The molecule has 15 heavy (non-hydrogen) atoms. The highest BCUT2D eigenvalue weighted by Gasteiger charge is 2.00. The Labute approximate surface area is 93.8 Å². The fraction of sp³-hybridized carbons (Fsp3) is 0.400. The average molecular weight is 238 g/mol.